The summed E-state index contributed by atoms with van der Waals surface area (Å²) in [7, 11) is 0. The summed E-state index contributed by atoms with van der Waals surface area (Å²) in [6.45, 7) is 2.03. The molecule has 2 heterocycles. The summed E-state index contributed by atoms with van der Waals surface area (Å²) in [4.78, 5) is 20.6. The minimum Gasteiger partial charge on any atom is -0.439 e. The number of nitrogen functional groups attached to an aromatic ring is 1. The Balaban J connectivity index is 2.05. The number of halogens is 1. The fourth-order valence-corrected chi connectivity index (χ4v) is 2.36. The first-order valence-corrected chi connectivity index (χ1v) is 6.99. The first-order chi connectivity index (χ1) is 9.54. The second-order valence-electron chi connectivity index (χ2n) is 4.38. The van der Waals surface area contributed by atoms with E-state index in [1.54, 1.807) is 31.3 Å². The molecule has 0 aliphatic carbocycles. The Morgan fingerprint density at radius 1 is 1.45 bits per heavy atom. The van der Waals surface area contributed by atoms with Crippen LogP contribution < -0.4 is 11.3 Å². The number of hydrogen-bond acceptors (Lipinski definition) is 5. The third-order valence-corrected chi connectivity index (χ3v) is 3.69. The van der Waals surface area contributed by atoms with Crippen molar-refractivity contribution in [3.63, 3.8) is 0 Å². The van der Waals surface area contributed by atoms with Crippen molar-refractivity contribution in [1.82, 2.24) is 14.5 Å². The molecule has 20 heavy (non-hydrogen) atoms. The summed E-state index contributed by atoms with van der Waals surface area (Å²) in [5.41, 5.74) is 7.55. The van der Waals surface area contributed by atoms with Gasteiger partial charge in [0.25, 0.3) is 5.56 Å². The molecule has 0 amide bonds. The molecular formula is C13H11IN4O2. The molecule has 1 aromatic carbocycles. The molecule has 3 rings (SSSR count). The van der Waals surface area contributed by atoms with Crippen molar-refractivity contribution in [2.24, 2.45) is 0 Å². The molecule has 2 aromatic heterocycles. The average Bonchev–Trinajstić information content (AvgIpc) is 2.81. The predicted molar refractivity (Wildman–Crippen MR) is 83.5 cm³/mol. The van der Waals surface area contributed by atoms with Crippen LogP contribution in [0.3, 0.4) is 0 Å². The van der Waals surface area contributed by atoms with Crippen molar-refractivity contribution >= 4 is 39.4 Å². The van der Waals surface area contributed by atoms with E-state index >= 15 is 0 Å². The summed E-state index contributed by atoms with van der Waals surface area (Å²) in [6, 6.07) is 5.27. The van der Waals surface area contributed by atoms with Gasteiger partial charge in [-0.3, -0.25) is 9.36 Å². The molecule has 0 atom stereocenters. The Hall–Kier alpha value is -1.90. The molecule has 0 spiro atoms. The highest BCUT2D eigenvalue weighted by molar-refractivity contribution is 14.1. The molecule has 0 unspecified atom stereocenters. The van der Waals surface area contributed by atoms with Crippen molar-refractivity contribution in [3.05, 3.63) is 50.0 Å². The van der Waals surface area contributed by atoms with Gasteiger partial charge < -0.3 is 10.2 Å². The van der Waals surface area contributed by atoms with Crippen molar-refractivity contribution in [1.29, 1.82) is 0 Å². The van der Waals surface area contributed by atoms with Gasteiger partial charge in [0.1, 0.15) is 17.9 Å². The zero-order chi connectivity index (χ0) is 14.3. The zero-order valence-corrected chi connectivity index (χ0v) is 12.8. The van der Waals surface area contributed by atoms with E-state index in [1.807, 2.05) is 22.6 Å². The van der Waals surface area contributed by atoms with E-state index in [2.05, 4.69) is 9.97 Å². The van der Waals surface area contributed by atoms with E-state index in [0.29, 0.717) is 26.6 Å². The van der Waals surface area contributed by atoms with E-state index in [4.69, 9.17) is 10.2 Å². The fraction of sp³-hybridized carbons (Fsp3) is 0.154. The number of oxazole rings is 1. The van der Waals surface area contributed by atoms with E-state index in [1.165, 1.54) is 4.57 Å². The highest BCUT2D eigenvalue weighted by Crippen LogP contribution is 2.18. The van der Waals surface area contributed by atoms with E-state index in [9.17, 15) is 4.79 Å². The van der Waals surface area contributed by atoms with Gasteiger partial charge in [0.2, 0.25) is 5.89 Å². The molecule has 7 heteroatoms. The van der Waals surface area contributed by atoms with Gasteiger partial charge in [-0.1, -0.05) is 0 Å². The van der Waals surface area contributed by atoms with Gasteiger partial charge in [-0.15, -0.1) is 0 Å². The van der Waals surface area contributed by atoms with E-state index in [-0.39, 0.29) is 12.1 Å². The monoisotopic (exact) mass is 382 g/mol. The van der Waals surface area contributed by atoms with Gasteiger partial charge in [0.05, 0.1) is 3.57 Å². The molecule has 0 fully saturated rings. The third-order valence-electron chi connectivity index (χ3n) is 2.95. The lowest BCUT2D eigenvalue weighted by Crippen LogP contribution is -2.26. The molecule has 0 saturated carbocycles. The number of anilines is 1. The largest absolute Gasteiger partial charge is 0.439 e. The maximum Gasteiger partial charge on any atom is 0.267 e. The van der Waals surface area contributed by atoms with Crippen molar-refractivity contribution in [2.45, 2.75) is 13.5 Å². The smallest absolute Gasteiger partial charge is 0.267 e. The number of rotatable bonds is 2. The van der Waals surface area contributed by atoms with Crippen LogP contribution in [0.4, 0.5) is 5.69 Å². The predicted octanol–water partition coefficient (Wildman–Crippen LogP) is 1.93. The fourth-order valence-electron chi connectivity index (χ4n) is 1.93. The second kappa shape index (κ2) is 4.89. The molecule has 0 radical (unpaired) electrons. The number of benzene rings is 1. The van der Waals surface area contributed by atoms with Crippen LogP contribution in [0.2, 0.25) is 0 Å². The van der Waals surface area contributed by atoms with Crippen LogP contribution in [-0.4, -0.2) is 14.5 Å². The van der Waals surface area contributed by atoms with Crippen LogP contribution in [0.15, 0.2) is 33.6 Å². The van der Waals surface area contributed by atoms with Crippen LogP contribution in [0.1, 0.15) is 11.7 Å². The third kappa shape index (κ3) is 2.28. The van der Waals surface area contributed by atoms with Gasteiger partial charge in [0.15, 0.2) is 5.58 Å². The Morgan fingerprint density at radius 3 is 3.05 bits per heavy atom. The quantitative estimate of drug-likeness (QED) is 0.541. The summed E-state index contributed by atoms with van der Waals surface area (Å²) < 4.78 is 7.72. The van der Waals surface area contributed by atoms with Crippen LogP contribution in [0.5, 0.6) is 0 Å². The number of nitrogens with zero attached hydrogens (tertiary/aromatic N) is 3. The lowest BCUT2D eigenvalue weighted by molar-refractivity contribution is 0.496. The number of hydrogen-bond donors (Lipinski definition) is 1. The summed E-state index contributed by atoms with van der Waals surface area (Å²) >= 11 is 1.96. The zero-order valence-electron chi connectivity index (χ0n) is 10.6. The van der Waals surface area contributed by atoms with Crippen molar-refractivity contribution in [3.8, 4) is 0 Å². The first kappa shape index (κ1) is 13.1. The first-order valence-electron chi connectivity index (χ1n) is 5.91. The molecule has 0 aliphatic rings. The second-order valence-corrected chi connectivity index (χ2v) is 5.54. The number of aromatic nitrogens is 3. The lowest BCUT2D eigenvalue weighted by atomic mass is 10.3. The molecule has 0 bridgehead atoms. The van der Waals surface area contributed by atoms with Crippen LogP contribution >= 0.6 is 22.6 Å². The normalized spacial score (nSPS) is 11.1. The van der Waals surface area contributed by atoms with E-state index in [0.717, 1.165) is 5.52 Å². The maximum atomic E-state index is 12.1. The van der Waals surface area contributed by atoms with E-state index < -0.39 is 0 Å². The standard InChI is InChI=1S/C13H11IN4O2/c1-7-16-5-9(14)13(19)18(7)6-12-17-10-3-2-8(15)4-11(10)20-12/h2-5H,6,15H2,1H3. The molecule has 0 aliphatic heterocycles. The van der Waals surface area contributed by atoms with Crippen molar-refractivity contribution in [2.75, 3.05) is 5.73 Å². The topological polar surface area (TPSA) is 86.9 Å². The van der Waals surface area contributed by atoms with Crippen LogP contribution in [0.25, 0.3) is 11.1 Å². The number of nitrogens with two attached hydrogens (primary N) is 1. The van der Waals surface area contributed by atoms with Gasteiger partial charge >= 0.3 is 0 Å². The Morgan fingerprint density at radius 2 is 2.25 bits per heavy atom. The molecular weight excluding hydrogens is 371 g/mol. The van der Waals surface area contributed by atoms with Gasteiger partial charge in [-0.2, -0.15) is 0 Å². The van der Waals surface area contributed by atoms with Crippen molar-refractivity contribution < 1.29 is 4.42 Å². The van der Waals surface area contributed by atoms with Gasteiger partial charge in [-0.05, 0) is 41.6 Å². The number of aryl methyl sites for hydroxylation is 1. The summed E-state index contributed by atoms with van der Waals surface area (Å²) in [6.07, 6.45) is 1.56. The maximum absolute atomic E-state index is 12.1. The van der Waals surface area contributed by atoms with Gasteiger partial charge in [-0.25, -0.2) is 9.97 Å². The Bertz CT molecular complexity index is 853. The minimum absolute atomic E-state index is 0.0973. The van der Waals surface area contributed by atoms with Crippen LogP contribution in [-0.2, 0) is 6.54 Å². The van der Waals surface area contributed by atoms with Gasteiger partial charge in [0, 0.05) is 18.0 Å². The van der Waals surface area contributed by atoms with Crippen LogP contribution in [0, 0.1) is 10.5 Å². The summed E-state index contributed by atoms with van der Waals surface area (Å²) in [5, 5.41) is 0. The average molecular weight is 382 g/mol. The Kier molecular flexibility index (Phi) is 3.20. The number of fused-ring (bicyclic) bond motifs is 1. The minimum atomic E-state index is -0.0973. The summed E-state index contributed by atoms with van der Waals surface area (Å²) in [5.74, 6) is 1.08. The molecule has 0 saturated heterocycles. The molecule has 2 N–H and O–H groups in total. The lowest BCUT2D eigenvalue weighted by Gasteiger charge is -2.06. The molecule has 102 valence electrons. The highest BCUT2D eigenvalue weighted by atomic mass is 127. The highest BCUT2D eigenvalue weighted by Gasteiger charge is 2.11. The molecule has 3 aromatic rings. The Labute approximate surface area is 127 Å². The molecule has 6 nitrogen and oxygen atoms in total. The SMILES string of the molecule is Cc1ncc(I)c(=O)n1Cc1nc2ccc(N)cc2o1.